The van der Waals surface area contributed by atoms with Crippen LogP contribution in [0.4, 0.5) is 0 Å². The molecule has 40 heavy (non-hydrogen) atoms. The molecule has 0 aromatic heterocycles. The van der Waals surface area contributed by atoms with Gasteiger partial charge >= 0.3 is 0 Å². The van der Waals surface area contributed by atoms with Gasteiger partial charge < -0.3 is 4.90 Å². The molecule has 4 fully saturated rings. The van der Waals surface area contributed by atoms with Gasteiger partial charge in [-0.2, -0.15) is 5.26 Å². The molecule has 0 spiro atoms. The first-order chi connectivity index (χ1) is 18.7. The Kier molecular flexibility index (Phi) is 6.21. The van der Waals surface area contributed by atoms with E-state index in [-0.39, 0.29) is 62.5 Å². The molecule has 0 aromatic rings. The number of allylic oxidation sites excluding steroid dienone is 4. The predicted molar refractivity (Wildman–Crippen MR) is 155 cm³/mol. The van der Waals surface area contributed by atoms with Crippen molar-refractivity contribution >= 4 is 17.5 Å². The lowest BCUT2D eigenvalue weighted by Crippen LogP contribution is -2.64. The normalized spacial score (nSPS) is 45.5. The van der Waals surface area contributed by atoms with Gasteiger partial charge in [-0.05, 0) is 97.4 Å². The Morgan fingerprint density at radius 3 is 2.38 bits per heavy atom. The average Bonchev–Trinajstić information content (AvgIpc) is 2.85. The van der Waals surface area contributed by atoms with Crippen LogP contribution in [0.5, 0.6) is 0 Å². The van der Waals surface area contributed by atoms with Crippen LogP contribution in [0, 0.1) is 62.1 Å². The van der Waals surface area contributed by atoms with Crippen molar-refractivity contribution in [3.63, 3.8) is 0 Å². The van der Waals surface area contributed by atoms with Crippen LogP contribution < -0.4 is 0 Å². The van der Waals surface area contributed by atoms with E-state index in [0.29, 0.717) is 12.3 Å². The van der Waals surface area contributed by atoms with Gasteiger partial charge in [-0.15, -0.1) is 0 Å². The second-order valence-electron chi connectivity index (χ2n) is 16.0. The van der Waals surface area contributed by atoms with E-state index >= 15 is 0 Å². The lowest BCUT2D eigenvalue weighted by molar-refractivity contribution is -0.172. The number of rotatable bonds is 3. The molecule has 1 saturated heterocycles. The Morgan fingerprint density at radius 2 is 1.73 bits per heavy atom. The van der Waals surface area contributed by atoms with E-state index in [1.807, 2.05) is 24.0 Å². The minimum absolute atomic E-state index is 0.0416. The quantitative estimate of drug-likeness (QED) is 0.390. The Balaban J connectivity index is 1.42. The molecule has 1 unspecified atom stereocenters. The predicted octanol–water partition coefficient (Wildman–Crippen LogP) is 6.83. The van der Waals surface area contributed by atoms with Crippen molar-refractivity contribution < 1.29 is 14.4 Å². The minimum Gasteiger partial charge on any atom is -0.343 e. The highest BCUT2D eigenvalue weighted by Crippen LogP contribution is 2.74. The summed E-state index contributed by atoms with van der Waals surface area (Å²) in [5.74, 6) is 0.661. The Morgan fingerprint density at radius 1 is 1.02 bits per heavy atom. The molecule has 1 aliphatic heterocycles. The fourth-order valence-corrected chi connectivity index (χ4v) is 10.9. The summed E-state index contributed by atoms with van der Waals surface area (Å²) >= 11 is 0. The molecule has 5 heteroatoms. The van der Waals surface area contributed by atoms with Crippen molar-refractivity contribution in [3.05, 3.63) is 23.3 Å². The zero-order valence-electron chi connectivity index (χ0n) is 25.6. The molecule has 6 aliphatic rings. The fourth-order valence-electron chi connectivity index (χ4n) is 10.9. The van der Waals surface area contributed by atoms with Crippen LogP contribution in [0.3, 0.4) is 0 Å². The van der Waals surface area contributed by atoms with E-state index in [0.717, 1.165) is 70.9 Å². The van der Waals surface area contributed by atoms with Crippen molar-refractivity contribution in [2.24, 2.45) is 50.7 Å². The summed E-state index contributed by atoms with van der Waals surface area (Å²) in [4.78, 5) is 42.5. The van der Waals surface area contributed by atoms with Crippen LogP contribution in [0.2, 0.25) is 0 Å². The molecule has 0 aromatic carbocycles. The maximum atomic E-state index is 14.6. The number of carbonyl (C=O) groups excluding carboxylic acids is 3. The van der Waals surface area contributed by atoms with E-state index in [9.17, 15) is 19.6 Å². The van der Waals surface area contributed by atoms with Gasteiger partial charge in [-0.1, -0.05) is 53.2 Å². The van der Waals surface area contributed by atoms with Crippen molar-refractivity contribution in [3.8, 4) is 6.07 Å². The minimum atomic E-state index is -0.459. The summed E-state index contributed by atoms with van der Waals surface area (Å²) in [5, 5.41) is 9.83. The summed E-state index contributed by atoms with van der Waals surface area (Å²) < 4.78 is 0. The van der Waals surface area contributed by atoms with Crippen LogP contribution in [0.15, 0.2) is 23.3 Å². The third-order valence-corrected chi connectivity index (χ3v) is 13.7. The number of hydrogen-bond donors (Lipinski definition) is 0. The molecule has 6 rings (SSSR count). The van der Waals surface area contributed by atoms with Gasteiger partial charge in [0.2, 0.25) is 5.91 Å². The summed E-state index contributed by atoms with van der Waals surface area (Å²) in [6.45, 7) is 15.5. The highest BCUT2D eigenvalue weighted by molar-refractivity contribution is 6.02. The van der Waals surface area contributed by atoms with E-state index in [2.05, 4.69) is 40.7 Å². The van der Waals surface area contributed by atoms with E-state index < -0.39 is 5.41 Å². The van der Waals surface area contributed by atoms with Crippen LogP contribution in [-0.4, -0.2) is 35.5 Å². The largest absolute Gasteiger partial charge is 0.343 e. The van der Waals surface area contributed by atoms with E-state index in [1.54, 1.807) is 0 Å². The number of nitrogens with zero attached hydrogens (tertiary/aromatic N) is 2. The first kappa shape index (κ1) is 27.9. The van der Waals surface area contributed by atoms with Gasteiger partial charge in [0.25, 0.3) is 0 Å². The monoisotopic (exact) mass is 544 g/mol. The summed E-state index contributed by atoms with van der Waals surface area (Å²) in [7, 11) is 0. The van der Waals surface area contributed by atoms with Crippen molar-refractivity contribution in [1.29, 1.82) is 5.26 Å². The zero-order valence-corrected chi connectivity index (χ0v) is 25.6. The van der Waals surface area contributed by atoms with Crippen LogP contribution in [0.25, 0.3) is 0 Å². The maximum Gasteiger partial charge on any atom is 0.222 e. The van der Waals surface area contributed by atoms with Gasteiger partial charge in [-0.25, -0.2) is 0 Å². The standard InChI is InChI=1S/C35H48N2O3/c1-22-24-8-10-33(5)27(32(24,4)19-23(21-36)30(22)40)18-26(38)29-25-20-31(2,3)12-14-35(25,15-13-34(29,33)6)11-9-28(39)37-16-7-17-37/h18-19,22,24-25,29H,7-17,20H2,1-6H3/t22-,24-,25?,29+,32-,33+,34+,35+/m0/s1. The second kappa shape index (κ2) is 8.89. The fraction of sp³-hybridized carbons (Fsp3) is 0.771. The molecule has 1 heterocycles. The first-order valence-corrected chi connectivity index (χ1v) is 15.9. The zero-order chi connectivity index (χ0) is 28.9. The second-order valence-corrected chi connectivity index (χ2v) is 16.0. The number of hydrogen-bond acceptors (Lipinski definition) is 4. The van der Waals surface area contributed by atoms with Crippen LogP contribution >= 0.6 is 0 Å². The smallest absolute Gasteiger partial charge is 0.222 e. The molecule has 1 amide bonds. The number of fused-ring (bicyclic) bond motifs is 7. The Hall–Kier alpha value is -2.22. The number of likely N-dealkylation sites (tertiary alicyclic amines) is 1. The molecule has 5 aliphatic carbocycles. The van der Waals surface area contributed by atoms with E-state index in [1.165, 1.54) is 5.57 Å². The Labute approximate surface area is 240 Å². The molecule has 5 nitrogen and oxygen atoms in total. The lowest BCUT2D eigenvalue weighted by Gasteiger charge is -2.69. The number of nitriles is 1. The molecular formula is C35H48N2O3. The van der Waals surface area contributed by atoms with Gasteiger partial charge in [0, 0.05) is 36.8 Å². The van der Waals surface area contributed by atoms with Gasteiger partial charge in [-0.3, -0.25) is 14.4 Å². The molecule has 0 radical (unpaired) electrons. The number of amides is 1. The molecular weight excluding hydrogens is 496 g/mol. The molecule has 3 saturated carbocycles. The summed E-state index contributed by atoms with van der Waals surface area (Å²) in [6, 6.07) is 2.19. The van der Waals surface area contributed by atoms with Crippen molar-refractivity contribution in [2.45, 2.75) is 106 Å². The lowest BCUT2D eigenvalue weighted by atomic mass is 9.34. The van der Waals surface area contributed by atoms with Gasteiger partial charge in [0.15, 0.2) is 11.6 Å². The number of carbonyl (C=O) groups is 3. The molecule has 8 atom stereocenters. The summed E-state index contributed by atoms with van der Waals surface area (Å²) in [5.41, 5.74) is 0.859. The maximum absolute atomic E-state index is 14.6. The topological polar surface area (TPSA) is 78.2 Å². The third-order valence-electron chi connectivity index (χ3n) is 13.7. The van der Waals surface area contributed by atoms with Crippen molar-refractivity contribution in [2.75, 3.05) is 13.1 Å². The van der Waals surface area contributed by atoms with E-state index in [4.69, 9.17) is 0 Å². The molecule has 216 valence electrons. The number of Topliss-reactive ketones (excluding diaryl/α,β-unsaturated/α-hetero) is 1. The van der Waals surface area contributed by atoms with Crippen LogP contribution in [0.1, 0.15) is 106 Å². The highest BCUT2D eigenvalue weighted by atomic mass is 16.2. The third kappa shape index (κ3) is 3.66. The van der Waals surface area contributed by atoms with Gasteiger partial charge in [0.1, 0.15) is 6.07 Å². The van der Waals surface area contributed by atoms with Crippen LogP contribution in [-0.2, 0) is 14.4 Å². The molecule has 0 bridgehead atoms. The highest BCUT2D eigenvalue weighted by Gasteiger charge is 2.68. The molecule has 0 N–H and O–H groups in total. The first-order valence-electron chi connectivity index (χ1n) is 15.9. The van der Waals surface area contributed by atoms with Crippen molar-refractivity contribution in [1.82, 2.24) is 4.90 Å². The summed E-state index contributed by atoms with van der Waals surface area (Å²) in [6.07, 6.45) is 13.9. The van der Waals surface area contributed by atoms with Gasteiger partial charge in [0.05, 0.1) is 5.57 Å². The average molecular weight is 545 g/mol. The SMILES string of the molecule is C[C@@H]1C(=O)C(C#N)=C[C@]2(C)C3=CC(=O)[C@H]4C5CC(C)(C)CC[C@]5(CCC(=O)N5CCC5)CC[C@@]4(C)[C@]3(C)CC[C@@H]12. The number of ketones is 2. The Bertz CT molecular complexity index is 1270.